The van der Waals surface area contributed by atoms with Crippen LogP contribution in [0.4, 0.5) is 5.69 Å². The highest BCUT2D eigenvalue weighted by molar-refractivity contribution is 7.92. The van der Waals surface area contributed by atoms with Crippen LogP contribution < -0.4 is 14.2 Å². The Morgan fingerprint density at radius 3 is 2.43 bits per heavy atom. The van der Waals surface area contributed by atoms with E-state index in [9.17, 15) is 16.8 Å². The zero-order valence-electron chi connectivity index (χ0n) is 17.2. The van der Waals surface area contributed by atoms with Crippen LogP contribution in [0.15, 0.2) is 41.3 Å². The van der Waals surface area contributed by atoms with Crippen molar-refractivity contribution < 1.29 is 26.3 Å². The van der Waals surface area contributed by atoms with Crippen LogP contribution in [0.1, 0.15) is 24.5 Å². The van der Waals surface area contributed by atoms with E-state index in [4.69, 9.17) is 9.47 Å². The molecule has 3 rings (SSSR count). The summed E-state index contributed by atoms with van der Waals surface area (Å²) in [5.74, 6) is 0.746. The van der Waals surface area contributed by atoms with E-state index in [0.717, 1.165) is 11.1 Å². The molecule has 0 saturated carbocycles. The molecule has 0 fully saturated rings. The van der Waals surface area contributed by atoms with Gasteiger partial charge in [0.05, 0.1) is 20.0 Å². The Hall–Kier alpha value is -2.30. The number of hydrogen-bond donors (Lipinski definition) is 1. The van der Waals surface area contributed by atoms with Crippen LogP contribution >= 0.6 is 0 Å². The molecule has 30 heavy (non-hydrogen) atoms. The number of methoxy groups -OCH3 is 2. The molecule has 0 atom stereocenters. The molecule has 0 bridgehead atoms. The molecule has 0 spiro atoms. The number of fused-ring (bicyclic) bond motifs is 1. The van der Waals surface area contributed by atoms with Gasteiger partial charge in [0, 0.05) is 24.8 Å². The molecule has 1 aliphatic heterocycles. The van der Waals surface area contributed by atoms with Gasteiger partial charge in [-0.2, -0.15) is 4.31 Å². The fourth-order valence-corrected chi connectivity index (χ4v) is 6.11. The number of ether oxygens (including phenoxy) is 2. The Bertz CT molecular complexity index is 1130. The van der Waals surface area contributed by atoms with Crippen LogP contribution in [0.2, 0.25) is 0 Å². The normalized spacial score (nSPS) is 14.8. The first-order valence-corrected chi connectivity index (χ1v) is 12.6. The summed E-state index contributed by atoms with van der Waals surface area (Å²) in [7, 11) is -4.37. The van der Waals surface area contributed by atoms with Crippen molar-refractivity contribution in [1.82, 2.24) is 4.31 Å². The van der Waals surface area contributed by atoms with Crippen LogP contribution in [0.5, 0.6) is 11.5 Å². The third-order valence-corrected chi connectivity index (χ3v) is 8.39. The fraction of sp³-hybridized carbons (Fsp3) is 0.400. The number of nitrogens with zero attached hydrogens (tertiary/aromatic N) is 1. The Labute approximate surface area is 177 Å². The molecule has 0 radical (unpaired) electrons. The van der Waals surface area contributed by atoms with Crippen molar-refractivity contribution in [2.24, 2.45) is 0 Å². The smallest absolute Gasteiger partial charge is 0.265 e. The molecule has 2 aromatic carbocycles. The lowest BCUT2D eigenvalue weighted by Crippen LogP contribution is -2.37. The highest BCUT2D eigenvalue weighted by Gasteiger charge is 2.27. The number of anilines is 1. The van der Waals surface area contributed by atoms with Gasteiger partial charge in [-0.1, -0.05) is 13.0 Å². The Morgan fingerprint density at radius 1 is 1.00 bits per heavy atom. The summed E-state index contributed by atoms with van der Waals surface area (Å²) in [5, 5.41) is 0. The van der Waals surface area contributed by atoms with E-state index in [1.807, 2.05) is 13.0 Å². The molecule has 1 N–H and O–H groups in total. The molecule has 0 unspecified atom stereocenters. The second kappa shape index (κ2) is 8.83. The van der Waals surface area contributed by atoms with Crippen LogP contribution in [0, 0.1) is 0 Å². The van der Waals surface area contributed by atoms with E-state index >= 15 is 0 Å². The lowest BCUT2D eigenvalue weighted by atomic mass is 10.0. The molecule has 1 aliphatic rings. The predicted octanol–water partition coefficient (Wildman–Crippen LogP) is 2.60. The van der Waals surface area contributed by atoms with E-state index in [-0.39, 0.29) is 22.9 Å². The van der Waals surface area contributed by atoms with Crippen molar-refractivity contribution in [1.29, 1.82) is 0 Å². The third-order valence-electron chi connectivity index (χ3n) is 4.95. The van der Waals surface area contributed by atoms with E-state index in [0.29, 0.717) is 30.8 Å². The van der Waals surface area contributed by atoms with Gasteiger partial charge in [-0.05, 0) is 48.2 Å². The number of sulfonamides is 2. The Kier molecular flexibility index (Phi) is 6.59. The summed E-state index contributed by atoms with van der Waals surface area (Å²) in [5.41, 5.74) is 2.17. The highest BCUT2D eigenvalue weighted by Crippen LogP contribution is 2.31. The van der Waals surface area contributed by atoms with E-state index in [1.54, 1.807) is 18.2 Å². The fourth-order valence-electron chi connectivity index (χ4n) is 3.43. The van der Waals surface area contributed by atoms with Gasteiger partial charge in [0.15, 0.2) is 0 Å². The van der Waals surface area contributed by atoms with Crippen LogP contribution in [-0.4, -0.2) is 47.7 Å². The van der Waals surface area contributed by atoms with Crippen molar-refractivity contribution in [3.63, 3.8) is 0 Å². The number of hydrogen-bond acceptors (Lipinski definition) is 6. The largest absolute Gasteiger partial charge is 0.497 e. The second-order valence-electron chi connectivity index (χ2n) is 7.01. The maximum absolute atomic E-state index is 12.9. The summed E-state index contributed by atoms with van der Waals surface area (Å²) in [6, 6.07) is 9.66. The maximum Gasteiger partial charge on any atom is 0.265 e. The molecule has 8 nitrogen and oxygen atoms in total. The predicted molar refractivity (Wildman–Crippen MR) is 115 cm³/mol. The summed E-state index contributed by atoms with van der Waals surface area (Å²) >= 11 is 0. The van der Waals surface area contributed by atoms with Gasteiger partial charge < -0.3 is 9.47 Å². The van der Waals surface area contributed by atoms with E-state index in [1.165, 1.54) is 30.7 Å². The molecule has 10 heteroatoms. The number of rotatable bonds is 8. The van der Waals surface area contributed by atoms with E-state index < -0.39 is 20.0 Å². The minimum absolute atomic E-state index is 0.0179. The Balaban J connectivity index is 1.87. The van der Waals surface area contributed by atoms with Gasteiger partial charge in [0.25, 0.3) is 10.0 Å². The monoisotopic (exact) mass is 454 g/mol. The van der Waals surface area contributed by atoms with Gasteiger partial charge in [0.1, 0.15) is 16.4 Å². The molecule has 164 valence electrons. The van der Waals surface area contributed by atoms with Crippen molar-refractivity contribution in [2.75, 3.05) is 31.2 Å². The van der Waals surface area contributed by atoms with Gasteiger partial charge in [0.2, 0.25) is 10.0 Å². The lowest BCUT2D eigenvalue weighted by molar-refractivity contribution is 0.386. The topological polar surface area (TPSA) is 102 Å². The number of nitrogens with one attached hydrogen (secondary N) is 1. The summed E-state index contributed by atoms with van der Waals surface area (Å²) < 4.78 is 65.0. The average molecular weight is 455 g/mol. The minimum atomic E-state index is -3.92. The zero-order valence-corrected chi connectivity index (χ0v) is 18.8. The first-order valence-electron chi connectivity index (χ1n) is 9.54. The zero-order chi connectivity index (χ0) is 21.9. The van der Waals surface area contributed by atoms with Crippen molar-refractivity contribution in [3.8, 4) is 11.5 Å². The standard InChI is InChI=1S/C20H26N2O6S2/c1-4-11-29(23,24)22-10-9-15-5-6-17(12-16(15)14-22)21-30(25,26)20-8-7-18(27-2)13-19(20)28-3/h5-8,12-13,21H,4,9-11,14H2,1-3H3. The van der Waals surface area contributed by atoms with E-state index in [2.05, 4.69) is 4.72 Å². The SMILES string of the molecule is CCCS(=O)(=O)N1CCc2ccc(NS(=O)(=O)c3ccc(OC)cc3OC)cc2C1. The van der Waals surface area contributed by atoms with Crippen LogP contribution in [0.25, 0.3) is 0 Å². The summed E-state index contributed by atoms with van der Waals surface area (Å²) in [6.07, 6.45) is 1.15. The van der Waals surface area contributed by atoms with Gasteiger partial charge in [-0.3, -0.25) is 4.72 Å². The molecule has 0 amide bonds. The Morgan fingerprint density at radius 2 is 1.77 bits per heavy atom. The van der Waals surface area contributed by atoms with Gasteiger partial charge in [-0.25, -0.2) is 16.8 Å². The molecule has 2 aromatic rings. The molecule has 0 aromatic heterocycles. The summed E-state index contributed by atoms with van der Waals surface area (Å²) in [6.45, 7) is 2.50. The van der Waals surface area contributed by atoms with Crippen molar-refractivity contribution in [3.05, 3.63) is 47.5 Å². The van der Waals surface area contributed by atoms with Gasteiger partial charge in [-0.15, -0.1) is 0 Å². The summed E-state index contributed by atoms with van der Waals surface area (Å²) in [4.78, 5) is -0.0179. The number of benzene rings is 2. The first kappa shape index (κ1) is 22.4. The minimum Gasteiger partial charge on any atom is -0.497 e. The van der Waals surface area contributed by atoms with Crippen molar-refractivity contribution >= 4 is 25.7 Å². The molecular formula is C20H26N2O6S2. The van der Waals surface area contributed by atoms with Gasteiger partial charge >= 0.3 is 0 Å². The molecule has 0 aliphatic carbocycles. The quantitative estimate of drug-likeness (QED) is 0.658. The maximum atomic E-state index is 12.9. The average Bonchev–Trinajstić information content (AvgIpc) is 2.72. The first-order chi connectivity index (χ1) is 14.2. The van der Waals surface area contributed by atoms with Crippen LogP contribution in [0.3, 0.4) is 0 Å². The van der Waals surface area contributed by atoms with Crippen molar-refractivity contribution in [2.45, 2.75) is 31.2 Å². The third kappa shape index (κ3) is 4.71. The molecule has 0 saturated heterocycles. The molecular weight excluding hydrogens is 428 g/mol. The van der Waals surface area contributed by atoms with Crippen LogP contribution in [-0.2, 0) is 33.0 Å². The highest BCUT2D eigenvalue weighted by atomic mass is 32.2. The lowest BCUT2D eigenvalue weighted by Gasteiger charge is -2.28. The second-order valence-corrected chi connectivity index (χ2v) is 10.7. The molecule has 1 heterocycles.